The van der Waals surface area contributed by atoms with Crippen LogP contribution in [0.15, 0.2) is 54.6 Å². The summed E-state index contributed by atoms with van der Waals surface area (Å²) in [6, 6.07) is 15.3. The fourth-order valence-corrected chi connectivity index (χ4v) is 2.25. The second-order valence-electron chi connectivity index (χ2n) is 4.15. The van der Waals surface area contributed by atoms with Gasteiger partial charge < -0.3 is 0 Å². The molecule has 0 fully saturated rings. The number of sulfonamides is 1. The molecule has 0 atom stereocenters. The number of ketones is 1. The monoisotopic (exact) mass is 275 g/mol. The average molecular weight is 275 g/mol. The number of hydrogen-bond acceptors (Lipinski definition) is 3. The van der Waals surface area contributed by atoms with Crippen LogP contribution in [0, 0.1) is 0 Å². The molecule has 0 saturated heterocycles. The van der Waals surface area contributed by atoms with Gasteiger partial charge in [-0.1, -0.05) is 42.5 Å². The Morgan fingerprint density at radius 2 is 1.58 bits per heavy atom. The van der Waals surface area contributed by atoms with Gasteiger partial charge in [0, 0.05) is 16.8 Å². The van der Waals surface area contributed by atoms with E-state index in [2.05, 4.69) is 4.72 Å². The van der Waals surface area contributed by atoms with Crippen LogP contribution >= 0.6 is 0 Å². The Bertz CT molecular complexity index is 694. The van der Waals surface area contributed by atoms with Gasteiger partial charge in [0.1, 0.15) is 0 Å². The number of carbonyl (C=O) groups is 1. The Hall–Kier alpha value is -2.14. The Labute approximate surface area is 112 Å². The molecule has 0 spiro atoms. The van der Waals surface area contributed by atoms with Gasteiger partial charge in [0.25, 0.3) is 0 Å². The second-order valence-corrected chi connectivity index (χ2v) is 5.90. The van der Waals surface area contributed by atoms with Crippen LogP contribution in [0.4, 0.5) is 5.69 Å². The van der Waals surface area contributed by atoms with E-state index in [0.29, 0.717) is 16.8 Å². The molecule has 1 N–H and O–H groups in total. The highest BCUT2D eigenvalue weighted by atomic mass is 32.2. The first-order valence-corrected chi connectivity index (χ1v) is 7.52. The quantitative estimate of drug-likeness (QED) is 0.871. The minimum atomic E-state index is -3.35. The van der Waals surface area contributed by atoms with Gasteiger partial charge in [-0.15, -0.1) is 0 Å². The molecule has 5 heteroatoms. The van der Waals surface area contributed by atoms with E-state index >= 15 is 0 Å². The van der Waals surface area contributed by atoms with E-state index < -0.39 is 10.0 Å². The summed E-state index contributed by atoms with van der Waals surface area (Å²) in [6.07, 6.45) is 1.07. The van der Waals surface area contributed by atoms with Crippen molar-refractivity contribution in [1.29, 1.82) is 0 Å². The Kier molecular flexibility index (Phi) is 3.66. The minimum Gasteiger partial charge on any atom is -0.289 e. The van der Waals surface area contributed by atoms with Gasteiger partial charge in [-0.2, -0.15) is 0 Å². The summed E-state index contributed by atoms with van der Waals surface area (Å²) in [5.74, 6) is -0.141. The molecule has 98 valence electrons. The zero-order valence-corrected chi connectivity index (χ0v) is 11.1. The fourth-order valence-electron chi connectivity index (χ4n) is 1.69. The van der Waals surface area contributed by atoms with Crippen LogP contribution in [-0.2, 0) is 10.0 Å². The molecule has 2 aromatic rings. The third-order valence-electron chi connectivity index (χ3n) is 2.46. The number of benzene rings is 2. The predicted octanol–water partition coefficient (Wildman–Crippen LogP) is 2.29. The summed E-state index contributed by atoms with van der Waals surface area (Å²) >= 11 is 0. The molecule has 0 aromatic heterocycles. The van der Waals surface area contributed by atoms with Crippen LogP contribution in [0.25, 0.3) is 0 Å². The largest absolute Gasteiger partial charge is 0.289 e. The smallest absolute Gasteiger partial charge is 0.229 e. The lowest BCUT2D eigenvalue weighted by molar-refractivity contribution is 0.103. The number of anilines is 1. The van der Waals surface area contributed by atoms with Gasteiger partial charge in [0.2, 0.25) is 10.0 Å². The minimum absolute atomic E-state index is 0.141. The van der Waals surface area contributed by atoms with E-state index in [1.54, 1.807) is 42.5 Å². The summed E-state index contributed by atoms with van der Waals surface area (Å²) in [6.45, 7) is 0. The highest BCUT2D eigenvalue weighted by Gasteiger charge is 2.10. The number of rotatable bonds is 4. The Balaban J connectivity index is 2.32. The van der Waals surface area contributed by atoms with Gasteiger partial charge >= 0.3 is 0 Å². The molecule has 0 aliphatic heterocycles. The molecule has 4 nitrogen and oxygen atoms in total. The van der Waals surface area contributed by atoms with E-state index in [1.165, 1.54) is 6.07 Å². The number of carbonyl (C=O) groups excluding carboxylic acids is 1. The molecular weight excluding hydrogens is 262 g/mol. The van der Waals surface area contributed by atoms with Gasteiger partial charge in [0.15, 0.2) is 5.78 Å². The molecule has 0 saturated carbocycles. The zero-order valence-electron chi connectivity index (χ0n) is 10.3. The van der Waals surface area contributed by atoms with Crippen LogP contribution in [0.1, 0.15) is 15.9 Å². The van der Waals surface area contributed by atoms with Crippen molar-refractivity contribution in [2.24, 2.45) is 0 Å². The Morgan fingerprint density at radius 1 is 0.947 bits per heavy atom. The highest BCUT2D eigenvalue weighted by Crippen LogP contribution is 2.15. The number of hydrogen-bond donors (Lipinski definition) is 1. The summed E-state index contributed by atoms with van der Waals surface area (Å²) in [7, 11) is -3.35. The van der Waals surface area contributed by atoms with Crippen molar-refractivity contribution in [2.75, 3.05) is 11.0 Å². The second kappa shape index (κ2) is 5.24. The topological polar surface area (TPSA) is 63.2 Å². The van der Waals surface area contributed by atoms with Crippen molar-refractivity contribution in [1.82, 2.24) is 0 Å². The summed E-state index contributed by atoms with van der Waals surface area (Å²) in [5.41, 5.74) is 1.39. The molecular formula is C14H13NO3S. The lowest BCUT2D eigenvalue weighted by Crippen LogP contribution is -2.10. The van der Waals surface area contributed by atoms with Gasteiger partial charge in [0.05, 0.1) is 6.26 Å². The molecule has 0 radical (unpaired) electrons. The fraction of sp³-hybridized carbons (Fsp3) is 0.0714. The standard InChI is InChI=1S/C14H13NO3S/c1-19(17,18)15-13-9-5-8-12(10-13)14(16)11-6-3-2-4-7-11/h2-10,15H,1H3. The lowest BCUT2D eigenvalue weighted by Gasteiger charge is -2.06. The third kappa shape index (κ3) is 3.66. The molecule has 0 amide bonds. The van der Waals surface area contributed by atoms with Crippen LogP contribution in [-0.4, -0.2) is 20.5 Å². The normalized spacial score (nSPS) is 11.0. The lowest BCUT2D eigenvalue weighted by atomic mass is 10.0. The van der Waals surface area contributed by atoms with Gasteiger partial charge in [-0.3, -0.25) is 9.52 Å². The van der Waals surface area contributed by atoms with Gasteiger partial charge in [-0.25, -0.2) is 8.42 Å². The number of nitrogens with one attached hydrogen (secondary N) is 1. The van der Waals surface area contributed by atoms with Crippen LogP contribution in [0.2, 0.25) is 0 Å². The first-order chi connectivity index (χ1) is 8.96. The van der Waals surface area contributed by atoms with Crippen LogP contribution < -0.4 is 4.72 Å². The SMILES string of the molecule is CS(=O)(=O)Nc1cccc(C(=O)c2ccccc2)c1. The summed E-state index contributed by atoms with van der Waals surface area (Å²) < 4.78 is 24.7. The van der Waals surface area contributed by atoms with Crippen molar-refractivity contribution >= 4 is 21.5 Å². The third-order valence-corrected chi connectivity index (χ3v) is 3.07. The molecule has 2 aromatic carbocycles. The van der Waals surface area contributed by atoms with E-state index in [-0.39, 0.29) is 5.78 Å². The maximum absolute atomic E-state index is 12.2. The predicted molar refractivity (Wildman–Crippen MR) is 74.8 cm³/mol. The Morgan fingerprint density at radius 3 is 2.21 bits per heavy atom. The average Bonchev–Trinajstić information content (AvgIpc) is 2.37. The maximum Gasteiger partial charge on any atom is 0.229 e. The van der Waals surface area contributed by atoms with E-state index in [4.69, 9.17) is 0 Å². The van der Waals surface area contributed by atoms with Crippen molar-refractivity contribution in [3.8, 4) is 0 Å². The van der Waals surface area contributed by atoms with Crippen molar-refractivity contribution < 1.29 is 13.2 Å². The molecule has 0 aliphatic carbocycles. The summed E-state index contributed by atoms with van der Waals surface area (Å²) in [5, 5.41) is 0. The van der Waals surface area contributed by atoms with Crippen molar-refractivity contribution in [3.63, 3.8) is 0 Å². The van der Waals surface area contributed by atoms with Crippen molar-refractivity contribution in [3.05, 3.63) is 65.7 Å². The molecule has 0 unspecified atom stereocenters. The van der Waals surface area contributed by atoms with E-state index in [0.717, 1.165) is 6.26 Å². The molecule has 0 aliphatic rings. The first kappa shape index (κ1) is 13.3. The molecule has 2 rings (SSSR count). The molecule has 19 heavy (non-hydrogen) atoms. The summed E-state index contributed by atoms with van der Waals surface area (Å²) in [4.78, 5) is 12.2. The van der Waals surface area contributed by atoms with Crippen molar-refractivity contribution in [2.45, 2.75) is 0 Å². The van der Waals surface area contributed by atoms with Crippen LogP contribution in [0.5, 0.6) is 0 Å². The van der Waals surface area contributed by atoms with Crippen LogP contribution in [0.3, 0.4) is 0 Å². The van der Waals surface area contributed by atoms with E-state index in [1.807, 2.05) is 6.07 Å². The molecule has 0 bridgehead atoms. The molecule has 0 heterocycles. The van der Waals surface area contributed by atoms with Gasteiger partial charge in [-0.05, 0) is 12.1 Å². The first-order valence-electron chi connectivity index (χ1n) is 5.63. The highest BCUT2D eigenvalue weighted by molar-refractivity contribution is 7.92. The van der Waals surface area contributed by atoms with E-state index in [9.17, 15) is 13.2 Å². The zero-order chi connectivity index (χ0) is 13.9. The maximum atomic E-state index is 12.2.